The lowest BCUT2D eigenvalue weighted by atomic mass is 9.94. The molecule has 18 heavy (non-hydrogen) atoms. The van der Waals surface area contributed by atoms with E-state index in [1.165, 1.54) is 11.1 Å². The molecule has 1 fully saturated rings. The van der Waals surface area contributed by atoms with Crippen molar-refractivity contribution < 1.29 is 0 Å². The zero-order valence-electron chi connectivity index (χ0n) is 12.2. The van der Waals surface area contributed by atoms with Crippen molar-refractivity contribution in [3.05, 3.63) is 35.4 Å². The van der Waals surface area contributed by atoms with Crippen molar-refractivity contribution in [2.45, 2.75) is 45.7 Å². The maximum Gasteiger partial charge on any atom is 0.0326 e. The zero-order valence-corrected chi connectivity index (χ0v) is 12.2. The van der Waals surface area contributed by atoms with E-state index >= 15 is 0 Å². The molecule has 0 amide bonds. The Labute approximate surface area is 111 Å². The molecule has 1 aromatic carbocycles. The van der Waals surface area contributed by atoms with Crippen molar-refractivity contribution in [1.82, 2.24) is 10.2 Å². The minimum Gasteiger partial charge on any atom is -0.314 e. The predicted octanol–water partition coefficient (Wildman–Crippen LogP) is 2.99. The summed E-state index contributed by atoms with van der Waals surface area (Å²) >= 11 is 0. The SMILES string of the molecule is CCc1ccc(C(C)N2CCNCC2(C)C)cc1. The van der Waals surface area contributed by atoms with Crippen LogP contribution >= 0.6 is 0 Å². The number of hydrogen-bond donors (Lipinski definition) is 1. The van der Waals surface area contributed by atoms with Crippen LogP contribution in [0.3, 0.4) is 0 Å². The normalized spacial score (nSPS) is 21.8. The Morgan fingerprint density at radius 2 is 1.94 bits per heavy atom. The average molecular weight is 246 g/mol. The summed E-state index contributed by atoms with van der Waals surface area (Å²) < 4.78 is 0. The van der Waals surface area contributed by atoms with Gasteiger partial charge >= 0.3 is 0 Å². The monoisotopic (exact) mass is 246 g/mol. The van der Waals surface area contributed by atoms with Gasteiger partial charge in [0.05, 0.1) is 0 Å². The summed E-state index contributed by atoms with van der Waals surface area (Å²) in [5.41, 5.74) is 3.09. The molecule has 1 atom stereocenters. The van der Waals surface area contributed by atoms with Gasteiger partial charge in [-0.3, -0.25) is 4.90 Å². The van der Waals surface area contributed by atoms with Crippen molar-refractivity contribution in [3.63, 3.8) is 0 Å². The molecule has 1 aliphatic heterocycles. The van der Waals surface area contributed by atoms with Gasteiger partial charge in [-0.25, -0.2) is 0 Å². The zero-order chi connectivity index (χ0) is 13.2. The Morgan fingerprint density at radius 3 is 2.50 bits per heavy atom. The largest absolute Gasteiger partial charge is 0.314 e. The van der Waals surface area contributed by atoms with Crippen molar-refractivity contribution >= 4 is 0 Å². The quantitative estimate of drug-likeness (QED) is 0.882. The molecule has 1 aliphatic rings. The van der Waals surface area contributed by atoms with Gasteiger partial charge in [-0.1, -0.05) is 31.2 Å². The second-order valence-corrected chi connectivity index (χ2v) is 5.95. The number of rotatable bonds is 3. The van der Waals surface area contributed by atoms with Crippen molar-refractivity contribution in [2.24, 2.45) is 0 Å². The topological polar surface area (TPSA) is 15.3 Å². The van der Waals surface area contributed by atoms with Crippen molar-refractivity contribution in [2.75, 3.05) is 19.6 Å². The van der Waals surface area contributed by atoms with E-state index < -0.39 is 0 Å². The highest BCUT2D eigenvalue weighted by Crippen LogP contribution is 2.29. The minimum atomic E-state index is 0.237. The lowest BCUT2D eigenvalue weighted by Crippen LogP contribution is -2.58. The standard InChI is InChI=1S/C16H26N2/c1-5-14-6-8-15(9-7-14)13(2)18-11-10-17-12-16(18,3)4/h6-9,13,17H,5,10-12H2,1-4H3. The number of nitrogens with one attached hydrogen (secondary N) is 1. The van der Waals surface area contributed by atoms with Gasteiger partial charge in [-0.2, -0.15) is 0 Å². The maximum absolute atomic E-state index is 3.49. The highest BCUT2D eigenvalue weighted by molar-refractivity contribution is 5.25. The average Bonchev–Trinajstić information content (AvgIpc) is 2.37. The second-order valence-electron chi connectivity index (χ2n) is 5.95. The minimum absolute atomic E-state index is 0.237. The smallest absolute Gasteiger partial charge is 0.0326 e. The van der Waals surface area contributed by atoms with Gasteiger partial charge < -0.3 is 5.32 Å². The molecule has 100 valence electrons. The first-order valence-corrected chi connectivity index (χ1v) is 7.11. The molecule has 1 N–H and O–H groups in total. The van der Waals surface area contributed by atoms with Gasteiger partial charge in [-0.05, 0) is 38.3 Å². The fourth-order valence-corrected chi connectivity index (χ4v) is 2.93. The fourth-order valence-electron chi connectivity index (χ4n) is 2.93. The number of piperazine rings is 1. The Bertz CT molecular complexity index is 381. The van der Waals surface area contributed by atoms with Crippen LogP contribution in [0.2, 0.25) is 0 Å². The van der Waals surface area contributed by atoms with Crippen molar-refractivity contribution in [3.8, 4) is 0 Å². The number of hydrogen-bond acceptors (Lipinski definition) is 2. The van der Waals surface area contributed by atoms with Gasteiger partial charge in [0.25, 0.3) is 0 Å². The number of benzene rings is 1. The van der Waals surface area contributed by atoms with Gasteiger partial charge in [0.15, 0.2) is 0 Å². The van der Waals surface area contributed by atoms with E-state index in [4.69, 9.17) is 0 Å². The highest BCUT2D eigenvalue weighted by atomic mass is 15.3. The van der Waals surface area contributed by atoms with Gasteiger partial charge in [0.1, 0.15) is 0 Å². The third-order valence-corrected chi connectivity index (χ3v) is 4.20. The highest BCUT2D eigenvalue weighted by Gasteiger charge is 2.33. The van der Waals surface area contributed by atoms with Crippen molar-refractivity contribution in [1.29, 1.82) is 0 Å². The third kappa shape index (κ3) is 2.76. The van der Waals surface area contributed by atoms with E-state index in [9.17, 15) is 0 Å². The van der Waals surface area contributed by atoms with Crippen LogP contribution in [-0.4, -0.2) is 30.1 Å². The maximum atomic E-state index is 3.49. The van der Waals surface area contributed by atoms with Gasteiger partial charge in [0.2, 0.25) is 0 Å². The summed E-state index contributed by atoms with van der Waals surface area (Å²) in [6.45, 7) is 12.5. The van der Waals surface area contributed by atoms with E-state index in [-0.39, 0.29) is 5.54 Å². The molecule has 0 aromatic heterocycles. The molecular weight excluding hydrogens is 220 g/mol. The molecule has 1 aromatic rings. The van der Waals surface area contributed by atoms with Gasteiger partial charge in [0, 0.05) is 31.2 Å². The van der Waals surface area contributed by atoms with Crippen LogP contribution in [0.1, 0.15) is 44.9 Å². The lowest BCUT2D eigenvalue weighted by Gasteiger charge is -2.46. The first kappa shape index (κ1) is 13.6. The van der Waals surface area contributed by atoms with E-state index in [1.54, 1.807) is 0 Å². The third-order valence-electron chi connectivity index (χ3n) is 4.20. The summed E-state index contributed by atoms with van der Waals surface area (Å²) in [4.78, 5) is 2.62. The molecule has 2 heteroatoms. The summed E-state index contributed by atoms with van der Waals surface area (Å²) in [5, 5.41) is 3.49. The van der Waals surface area contributed by atoms with E-state index in [0.29, 0.717) is 6.04 Å². The molecule has 0 bridgehead atoms. The molecule has 1 heterocycles. The second kappa shape index (κ2) is 5.41. The summed E-state index contributed by atoms with van der Waals surface area (Å²) in [6, 6.07) is 9.61. The van der Waals surface area contributed by atoms with Crippen LogP contribution in [0.25, 0.3) is 0 Å². The summed E-state index contributed by atoms with van der Waals surface area (Å²) in [5.74, 6) is 0. The van der Waals surface area contributed by atoms with Crippen LogP contribution in [0.15, 0.2) is 24.3 Å². The van der Waals surface area contributed by atoms with Crippen LogP contribution in [0.5, 0.6) is 0 Å². The fraction of sp³-hybridized carbons (Fsp3) is 0.625. The molecule has 1 saturated heterocycles. The predicted molar refractivity (Wildman–Crippen MR) is 77.9 cm³/mol. The first-order chi connectivity index (χ1) is 8.54. The summed E-state index contributed by atoms with van der Waals surface area (Å²) in [6.07, 6.45) is 1.12. The first-order valence-electron chi connectivity index (χ1n) is 7.11. The van der Waals surface area contributed by atoms with E-state index in [0.717, 1.165) is 26.1 Å². The Balaban J connectivity index is 2.16. The lowest BCUT2D eigenvalue weighted by molar-refractivity contribution is 0.0516. The van der Waals surface area contributed by atoms with Crippen LogP contribution in [0, 0.1) is 0 Å². The molecule has 2 nitrogen and oxygen atoms in total. The Morgan fingerprint density at radius 1 is 1.28 bits per heavy atom. The summed E-state index contributed by atoms with van der Waals surface area (Å²) in [7, 11) is 0. The van der Waals surface area contributed by atoms with E-state index in [1.807, 2.05) is 0 Å². The molecule has 2 rings (SSSR count). The van der Waals surface area contributed by atoms with Gasteiger partial charge in [-0.15, -0.1) is 0 Å². The van der Waals surface area contributed by atoms with Crippen LogP contribution in [-0.2, 0) is 6.42 Å². The molecule has 0 spiro atoms. The molecule has 0 aliphatic carbocycles. The van der Waals surface area contributed by atoms with Crippen LogP contribution in [0.4, 0.5) is 0 Å². The molecule has 0 radical (unpaired) electrons. The Kier molecular flexibility index (Phi) is 4.08. The van der Waals surface area contributed by atoms with E-state index in [2.05, 4.69) is 62.2 Å². The molecule has 0 saturated carbocycles. The van der Waals surface area contributed by atoms with Crippen LogP contribution < -0.4 is 5.32 Å². The Hall–Kier alpha value is -0.860. The number of aryl methyl sites for hydroxylation is 1. The molecule has 1 unspecified atom stereocenters. The number of nitrogens with zero attached hydrogens (tertiary/aromatic N) is 1. The molecular formula is C16H26N2.